The molecule has 6 heteroatoms. The number of aromatic nitrogens is 3. The Morgan fingerprint density at radius 2 is 2.00 bits per heavy atom. The zero-order valence-corrected chi connectivity index (χ0v) is 10.2. The van der Waals surface area contributed by atoms with Gasteiger partial charge in [0.2, 0.25) is 6.33 Å². The van der Waals surface area contributed by atoms with Gasteiger partial charge in [-0.1, -0.05) is 5.11 Å². The number of nitrogens with one attached hydrogen (secondary N) is 1. The Morgan fingerprint density at radius 3 is 2.56 bits per heavy atom. The summed E-state index contributed by atoms with van der Waals surface area (Å²) in [4.78, 5) is 2.34. The Kier molecular flexibility index (Phi) is 2.76. The van der Waals surface area contributed by atoms with Gasteiger partial charge in [-0.15, -0.1) is 5.10 Å². The molecule has 0 saturated carbocycles. The molecule has 1 N–H and O–H groups in total. The van der Waals surface area contributed by atoms with Crippen molar-refractivity contribution in [2.45, 2.75) is 6.42 Å². The molecule has 1 aliphatic rings. The summed E-state index contributed by atoms with van der Waals surface area (Å²) in [7, 11) is 1.87. The third-order valence-electron chi connectivity index (χ3n) is 3.06. The molecule has 0 atom stereocenters. The van der Waals surface area contributed by atoms with Crippen molar-refractivity contribution in [1.82, 2.24) is 10.2 Å². The lowest BCUT2D eigenvalue weighted by molar-refractivity contribution is -0.658. The van der Waals surface area contributed by atoms with Crippen LogP contribution in [0.1, 0.15) is 6.42 Å². The summed E-state index contributed by atoms with van der Waals surface area (Å²) in [5, 5.41) is 14.9. The number of hydrogen-bond donors (Lipinski definition) is 1. The molecule has 1 aliphatic heterocycles. The molecule has 1 fully saturated rings. The maximum atomic E-state index is 4.17. The van der Waals surface area contributed by atoms with E-state index >= 15 is 0 Å². The molecule has 2 aromatic rings. The van der Waals surface area contributed by atoms with Crippen molar-refractivity contribution in [3.63, 3.8) is 0 Å². The Morgan fingerprint density at radius 1 is 1.22 bits per heavy atom. The molecule has 0 spiro atoms. The molecule has 0 bridgehead atoms. The molecule has 18 heavy (non-hydrogen) atoms. The van der Waals surface area contributed by atoms with Crippen molar-refractivity contribution in [1.29, 1.82) is 0 Å². The Balaban J connectivity index is 1.73. The van der Waals surface area contributed by atoms with Crippen LogP contribution in [0.2, 0.25) is 0 Å². The predicted molar refractivity (Wildman–Crippen MR) is 67.2 cm³/mol. The smallest absolute Gasteiger partial charge is 0.371 e. The Labute approximate surface area is 105 Å². The fourth-order valence-electron chi connectivity index (χ4n) is 1.81. The van der Waals surface area contributed by atoms with E-state index in [1.807, 2.05) is 19.2 Å². The van der Waals surface area contributed by atoms with Gasteiger partial charge < -0.3 is 4.90 Å². The average molecular weight is 243 g/mol. The second-order valence-electron chi connectivity index (χ2n) is 4.35. The van der Waals surface area contributed by atoms with E-state index in [4.69, 9.17) is 0 Å². The van der Waals surface area contributed by atoms with Crippen molar-refractivity contribution in [2.75, 3.05) is 18.0 Å². The monoisotopic (exact) mass is 243 g/mol. The van der Waals surface area contributed by atoms with E-state index in [2.05, 4.69) is 37.5 Å². The first-order chi connectivity index (χ1) is 8.83. The van der Waals surface area contributed by atoms with Gasteiger partial charge in [0.1, 0.15) is 0 Å². The first kappa shape index (κ1) is 10.9. The molecule has 92 valence electrons. The van der Waals surface area contributed by atoms with E-state index in [-0.39, 0.29) is 0 Å². The molecule has 3 rings (SSSR count). The molecule has 0 radical (unpaired) electrons. The molecule has 1 saturated heterocycles. The first-order valence-electron chi connectivity index (χ1n) is 5.99. The molecule has 0 aliphatic carbocycles. The fourth-order valence-corrected chi connectivity index (χ4v) is 1.81. The SMILES string of the molecule is C[n+]1cn[nH]c1N=Nc1ccc(N2CCC2)cc1. The molecule has 1 aromatic carbocycles. The zero-order chi connectivity index (χ0) is 12.4. The summed E-state index contributed by atoms with van der Waals surface area (Å²) in [5.41, 5.74) is 2.10. The molecule has 2 heterocycles. The van der Waals surface area contributed by atoms with Crippen LogP contribution in [-0.2, 0) is 7.05 Å². The second-order valence-corrected chi connectivity index (χ2v) is 4.35. The average Bonchev–Trinajstić information content (AvgIpc) is 2.72. The topological polar surface area (TPSA) is 60.5 Å². The minimum Gasteiger partial charge on any atom is -0.371 e. The number of hydrogen-bond acceptors (Lipinski definition) is 4. The maximum Gasteiger partial charge on any atom is 0.401 e. The first-order valence-corrected chi connectivity index (χ1v) is 5.99. The van der Waals surface area contributed by atoms with Gasteiger partial charge in [-0.05, 0) is 35.8 Å². The van der Waals surface area contributed by atoms with Crippen molar-refractivity contribution in [3.05, 3.63) is 30.6 Å². The van der Waals surface area contributed by atoms with Gasteiger partial charge in [-0.25, -0.2) is 4.57 Å². The fraction of sp³-hybridized carbons (Fsp3) is 0.333. The summed E-state index contributed by atoms with van der Waals surface area (Å²) < 4.78 is 1.78. The maximum absolute atomic E-state index is 4.17. The standard InChI is InChI=1S/C12H14N6/c1-17-9-13-15-12(17)16-14-10-3-5-11(6-4-10)18-7-2-8-18/h3-6,9H,2,7-8H2,1H3/p+1. The highest BCUT2D eigenvalue weighted by Gasteiger charge is 2.13. The van der Waals surface area contributed by atoms with Crippen LogP contribution in [0, 0.1) is 0 Å². The molecular formula is C12H15N6+. The summed E-state index contributed by atoms with van der Waals surface area (Å²) in [6.45, 7) is 2.32. The van der Waals surface area contributed by atoms with Gasteiger partial charge >= 0.3 is 5.95 Å². The molecule has 0 amide bonds. The van der Waals surface area contributed by atoms with E-state index in [0.717, 1.165) is 18.8 Å². The summed E-state index contributed by atoms with van der Waals surface area (Å²) in [5.74, 6) is 0.627. The van der Waals surface area contributed by atoms with Gasteiger partial charge in [-0.3, -0.25) is 0 Å². The predicted octanol–water partition coefficient (Wildman–Crippen LogP) is 1.86. The zero-order valence-electron chi connectivity index (χ0n) is 10.2. The van der Waals surface area contributed by atoms with E-state index in [9.17, 15) is 0 Å². The van der Waals surface area contributed by atoms with Crippen LogP contribution in [0.4, 0.5) is 17.3 Å². The minimum atomic E-state index is 0.627. The quantitative estimate of drug-likeness (QED) is 0.660. The van der Waals surface area contributed by atoms with Crippen LogP contribution < -0.4 is 9.47 Å². The number of H-pyrrole nitrogens is 1. The molecule has 1 aromatic heterocycles. The number of aromatic amines is 1. The van der Waals surface area contributed by atoms with Crippen LogP contribution in [0.15, 0.2) is 40.8 Å². The van der Waals surface area contributed by atoms with Crippen LogP contribution in [0.25, 0.3) is 0 Å². The Hall–Kier alpha value is -2.24. The van der Waals surface area contributed by atoms with Gasteiger partial charge in [0.15, 0.2) is 0 Å². The lowest BCUT2D eigenvalue weighted by Crippen LogP contribution is -2.36. The lowest BCUT2D eigenvalue weighted by Gasteiger charge is -2.33. The second kappa shape index (κ2) is 4.56. The highest BCUT2D eigenvalue weighted by atomic mass is 15.3. The van der Waals surface area contributed by atoms with Crippen molar-refractivity contribution in [2.24, 2.45) is 17.3 Å². The largest absolute Gasteiger partial charge is 0.401 e. The van der Waals surface area contributed by atoms with Gasteiger partial charge in [0.25, 0.3) is 0 Å². The Bertz CT molecular complexity index is 552. The van der Waals surface area contributed by atoms with Crippen LogP contribution >= 0.6 is 0 Å². The van der Waals surface area contributed by atoms with Gasteiger partial charge in [0.05, 0.1) is 12.7 Å². The normalized spacial score (nSPS) is 15.1. The highest BCUT2D eigenvalue weighted by Crippen LogP contribution is 2.24. The number of azo groups is 1. The third-order valence-corrected chi connectivity index (χ3v) is 3.06. The molecule has 6 nitrogen and oxygen atoms in total. The number of rotatable bonds is 3. The van der Waals surface area contributed by atoms with Crippen molar-refractivity contribution < 1.29 is 4.57 Å². The van der Waals surface area contributed by atoms with E-state index in [1.165, 1.54) is 12.1 Å². The van der Waals surface area contributed by atoms with E-state index in [0.29, 0.717) is 5.95 Å². The number of nitrogens with zero attached hydrogens (tertiary/aromatic N) is 5. The highest BCUT2D eigenvalue weighted by molar-refractivity contribution is 5.53. The van der Waals surface area contributed by atoms with Gasteiger partial charge in [0, 0.05) is 23.9 Å². The third kappa shape index (κ3) is 2.09. The molecular weight excluding hydrogens is 228 g/mol. The van der Waals surface area contributed by atoms with E-state index < -0.39 is 0 Å². The number of aryl methyl sites for hydroxylation is 1. The molecule has 0 unspecified atom stereocenters. The number of benzene rings is 1. The van der Waals surface area contributed by atoms with Crippen molar-refractivity contribution >= 4 is 17.3 Å². The summed E-state index contributed by atoms with van der Waals surface area (Å²) in [6, 6.07) is 8.13. The van der Waals surface area contributed by atoms with Crippen molar-refractivity contribution in [3.8, 4) is 0 Å². The number of anilines is 1. The lowest BCUT2D eigenvalue weighted by atomic mass is 10.2. The van der Waals surface area contributed by atoms with Crippen LogP contribution in [-0.4, -0.2) is 23.3 Å². The summed E-state index contributed by atoms with van der Waals surface area (Å²) >= 11 is 0. The van der Waals surface area contributed by atoms with Crippen LogP contribution in [0.3, 0.4) is 0 Å². The summed E-state index contributed by atoms with van der Waals surface area (Å²) in [6.07, 6.45) is 2.94. The van der Waals surface area contributed by atoms with E-state index in [1.54, 1.807) is 10.9 Å². The van der Waals surface area contributed by atoms with Crippen LogP contribution in [0.5, 0.6) is 0 Å². The van der Waals surface area contributed by atoms with Gasteiger partial charge in [-0.2, -0.15) is 0 Å². The minimum absolute atomic E-state index is 0.627.